The summed E-state index contributed by atoms with van der Waals surface area (Å²) in [6, 6.07) is 13.2. The molecule has 190 valence electrons. The minimum absolute atomic E-state index is 0.0120. The molecule has 1 aliphatic heterocycles. The molecule has 0 saturated heterocycles. The number of Topliss-reactive ketones (excluding diaryl/α,β-unsaturated/α-hetero) is 1. The zero-order valence-electron chi connectivity index (χ0n) is 20.3. The maximum absolute atomic E-state index is 13.6. The molecule has 1 aliphatic carbocycles. The number of aromatic nitrogens is 2. The zero-order chi connectivity index (χ0) is 25.9. The molecule has 37 heavy (non-hydrogen) atoms. The number of hydrogen-bond donors (Lipinski definition) is 3. The number of pyridine rings is 1. The lowest BCUT2D eigenvalue weighted by molar-refractivity contribution is -0.00116. The van der Waals surface area contributed by atoms with Crippen LogP contribution in [0.5, 0.6) is 5.75 Å². The van der Waals surface area contributed by atoms with Gasteiger partial charge in [0.1, 0.15) is 23.7 Å². The molecule has 4 aromatic rings. The number of fused-ring (bicyclic) bond motifs is 2. The molecule has 2 aromatic carbocycles. The fourth-order valence-corrected chi connectivity index (χ4v) is 5.87. The number of anilines is 1. The molecule has 0 radical (unpaired) electrons. The third-order valence-electron chi connectivity index (χ3n) is 7.38. The van der Waals surface area contributed by atoms with Gasteiger partial charge in [-0.05, 0) is 80.6 Å². The average molecular weight is 519 g/mol. The summed E-state index contributed by atoms with van der Waals surface area (Å²) in [4.78, 5) is 22.3. The second-order valence-electron chi connectivity index (χ2n) is 10.3. The summed E-state index contributed by atoms with van der Waals surface area (Å²) in [7, 11) is 0. The molecule has 5 N–H and O–H groups in total. The Hall–Kier alpha value is -3.40. The van der Waals surface area contributed by atoms with Gasteiger partial charge in [-0.15, -0.1) is 0 Å². The molecule has 0 spiro atoms. The highest BCUT2D eigenvalue weighted by Gasteiger charge is 2.48. The summed E-state index contributed by atoms with van der Waals surface area (Å²) < 4.78 is 20.4. The zero-order valence-corrected chi connectivity index (χ0v) is 21.1. The first-order valence-electron chi connectivity index (χ1n) is 12.3. The van der Waals surface area contributed by atoms with Crippen molar-refractivity contribution in [1.29, 1.82) is 0 Å². The SMILES string of the molecule is C[C@]1(N)COc2c1cc([C@@](O)(CCC(=O)c1ccc3nc(N)sc3c1)C1CC1)nc2-c1ccc(F)cc1. The number of benzene rings is 2. The van der Waals surface area contributed by atoms with Crippen molar-refractivity contribution < 1.29 is 19.0 Å². The molecule has 7 nitrogen and oxygen atoms in total. The molecule has 2 aromatic heterocycles. The van der Waals surface area contributed by atoms with Crippen LogP contribution in [0.25, 0.3) is 21.5 Å². The van der Waals surface area contributed by atoms with Crippen molar-refractivity contribution >= 4 is 32.5 Å². The molecule has 6 rings (SSSR count). The minimum Gasteiger partial charge on any atom is -0.489 e. The summed E-state index contributed by atoms with van der Waals surface area (Å²) in [5, 5.41) is 12.5. The van der Waals surface area contributed by atoms with Gasteiger partial charge in [0.15, 0.2) is 16.7 Å². The van der Waals surface area contributed by atoms with Crippen LogP contribution in [0.15, 0.2) is 48.5 Å². The quantitative estimate of drug-likeness (QED) is 0.297. The van der Waals surface area contributed by atoms with Crippen molar-refractivity contribution in [3.8, 4) is 17.0 Å². The molecule has 0 unspecified atom stereocenters. The second kappa shape index (κ2) is 8.58. The highest BCUT2D eigenvalue weighted by atomic mass is 32.1. The molecule has 0 amide bonds. The van der Waals surface area contributed by atoms with E-state index in [2.05, 4.69) is 4.98 Å². The van der Waals surface area contributed by atoms with Crippen molar-refractivity contribution in [1.82, 2.24) is 9.97 Å². The Bertz CT molecular complexity index is 1530. The Morgan fingerprint density at radius 3 is 2.70 bits per heavy atom. The lowest BCUT2D eigenvalue weighted by Crippen LogP contribution is -2.35. The van der Waals surface area contributed by atoms with E-state index in [4.69, 9.17) is 21.2 Å². The summed E-state index contributed by atoms with van der Waals surface area (Å²) in [5.74, 6) is 0.113. The molecule has 1 saturated carbocycles. The number of aliphatic hydroxyl groups is 1. The van der Waals surface area contributed by atoms with Gasteiger partial charge in [-0.1, -0.05) is 11.3 Å². The van der Waals surface area contributed by atoms with Crippen LogP contribution >= 0.6 is 11.3 Å². The molecular weight excluding hydrogens is 491 g/mol. The number of carbonyl (C=O) groups is 1. The van der Waals surface area contributed by atoms with Crippen LogP contribution in [0.2, 0.25) is 0 Å². The van der Waals surface area contributed by atoms with Crippen LogP contribution in [0.1, 0.15) is 54.2 Å². The highest BCUT2D eigenvalue weighted by molar-refractivity contribution is 7.22. The summed E-state index contributed by atoms with van der Waals surface area (Å²) in [5.41, 5.74) is 14.0. The summed E-state index contributed by atoms with van der Waals surface area (Å²) in [6.07, 6.45) is 2.06. The number of nitrogen functional groups attached to an aromatic ring is 1. The van der Waals surface area contributed by atoms with E-state index in [1.807, 2.05) is 13.0 Å². The number of halogens is 1. The normalized spacial score (nSPS) is 20.4. The monoisotopic (exact) mass is 518 g/mol. The Kier molecular flexibility index (Phi) is 5.56. The van der Waals surface area contributed by atoms with E-state index in [-0.39, 0.29) is 37.0 Å². The first kappa shape index (κ1) is 24.0. The lowest BCUT2D eigenvalue weighted by Gasteiger charge is -2.29. The fourth-order valence-electron chi connectivity index (χ4n) is 5.10. The van der Waals surface area contributed by atoms with Crippen LogP contribution in [-0.4, -0.2) is 27.5 Å². The third-order valence-corrected chi connectivity index (χ3v) is 8.23. The maximum Gasteiger partial charge on any atom is 0.181 e. The van der Waals surface area contributed by atoms with Crippen LogP contribution in [0, 0.1) is 11.7 Å². The Morgan fingerprint density at radius 1 is 1.22 bits per heavy atom. The second-order valence-corrected chi connectivity index (χ2v) is 11.4. The molecule has 1 fully saturated rings. The number of rotatable bonds is 7. The van der Waals surface area contributed by atoms with Gasteiger partial charge in [0.2, 0.25) is 0 Å². The molecule has 2 atom stereocenters. The Balaban J connectivity index is 1.36. The van der Waals surface area contributed by atoms with Crippen molar-refractivity contribution in [3.05, 3.63) is 71.2 Å². The molecule has 0 bridgehead atoms. The molecular formula is C28H27FN4O3S. The number of ketones is 1. The van der Waals surface area contributed by atoms with Crippen LogP contribution in [0.3, 0.4) is 0 Å². The van der Waals surface area contributed by atoms with E-state index in [9.17, 15) is 14.3 Å². The predicted molar refractivity (Wildman–Crippen MR) is 141 cm³/mol. The van der Waals surface area contributed by atoms with Gasteiger partial charge < -0.3 is 21.3 Å². The van der Waals surface area contributed by atoms with Crippen LogP contribution in [-0.2, 0) is 11.1 Å². The first-order chi connectivity index (χ1) is 17.6. The Labute approximate surface area is 217 Å². The molecule has 9 heteroatoms. The standard InChI is InChI=1S/C28H27FN4O3S/c1-27(31)14-36-25-19(27)13-23(33-24(25)15-2-7-18(29)8-3-15)28(35,17-5-6-17)11-10-21(34)16-4-9-20-22(12-16)37-26(30)32-20/h2-4,7-9,12-13,17,35H,5-6,10-11,14,31H2,1H3,(H2,30,32)/t27-,28+/m0/s1. The number of carbonyl (C=O) groups excluding carboxylic acids is 1. The lowest BCUT2D eigenvalue weighted by atomic mass is 9.83. The number of nitrogens with zero attached hydrogens (tertiary/aromatic N) is 2. The predicted octanol–water partition coefficient (Wildman–Crippen LogP) is 4.91. The van der Waals surface area contributed by atoms with Crippen molar-refractivity contribution in [2.75, 3.05) is 12.3 Å². The van der Waals surface area contributed by atoms with Crippen LogP contribution < -0.4 is 16.2 Å². The maximum atomic E-state index is 13.6. The van der Waals surface area contributed by atoms with E-state index in [1.165, 1.54) is 23.5 Å². The van der Waals surface area contributed by atoms with E-state index >= 15 is 0 Å². The van der Waals surface area contributed by atoms with Crippen molar-refractivity contribution in [2.45, 2.75) is 43.7 Å². The van der Waals surface area contributed by atoms with Gasteiger partial charge in [-0.2, -0.15) is 0 Å². The third kappa shape index (κ3) is 4.27. The van der Waals surface area contributed by atoms with Gasteiger partial charge in [0, 0.05) is 23.1 Å². The number of thiazole rings is 1. The first-order valence-corrected chi connectivity index (χ1v) is 13.1. The Morgan fingerprint density at radius 2 is 1.97 bits per heavy atom. The van der Waals surface area contributed by atoms with E-state index in [1.54, 1.807) is 30.3 Å². The van der Waals surface area contributed by atoms with Crippen molar-refractivity contribution in [3.63, 3.8) is 0 Å². The minimum atomic E-state index is -1.31. The molecule has 2 aliphatic rings. The summed E-state index contributed by atoms with van der Waals surface area (Å²) >= 11 is 1.34. The number of nitrogens with two attached hydrogens (primary N) is 2. The topological polar surface area (TPSA) is 124 Å². The van der Waals surface area contributed by atoms with Gasteiger partial charge in [-0.3, -0.25) is 4.79 Å². The van der Waals surface area contributed by atoms with Gasteiger partial charge in [0.25, 0.3) is 0 Å². The van der Waals surface area contributed by atoms with E-state index < -0.39 is 11.1 Å². The molecule has 3 heterocycles. The van der Waals surface area contributed by atoms with Gasteiger partial charge >= 0.3 is 0 Å². The van der Waals surface area contributed by atoms with E-state index in [0.29, 0.717) is 33.4 Å². The van der Waals surface area contributed by atoms with Gasteiger partial charge in [-0.25, -0.2) is 14.4 Å². The largest absolute Gasteiger partial charge is 0.489 e. The smallest absolute Gasteiger partial charge is 0.181 e. The fraction of sp³-hybridized carbons (Fsp3) is 0.321. The van der Waals surface area contributed by atoms with Crippen molar-refractivity contribution in [2.24, 2.45) is 11.7 Å². The highest BCUT2D eigenvalue weighted by Crippen LogP contribution is 2.51. The van der Waals surface area contributed by atoms with Gasteiger partial charge in [0.05, 0.1) is 21.4 Å². The number of hydrogen-bond acceptors (Lipinski definition) is 8. The summed E-state index contributed by atoms with van der Waals surface area (Å²) in [6.45, 7) is 2.14. The van der Waals surface area contributed by atoms with Crippen LogP contribution in [0.4, 0.5) is 9.52 Å². The number of ether oxygens (including phenoxy) is 1. The van der Waals surface area contributed by atoms with E-state index in [0.717, 1.165) is 28.6 Å². The average Bonchev–Trinajstić information content (AvgIpc) is 3.60.